The average Bonchev–Trinajstić information content (AvgIpc) is 2.42. The second-order valence-electron chi connectivity index (χ2n) is 4.49. The normalized spacial score (nSPS) is 9.70. The summed E-state index contributed by atoms with van der Waals surface area (Å²) in [7, 11) is 0. The third-order valence-corrected chi connectivity index (χ3v) is 3.03. The van der Waals surface area contributed by atoms with Gasteiger partial charge in [0.05, 0.1) is 0 Å². The van der Waals surface area contributed by atoms with Gasteiger partial charge in [0.1, 0.15) is 0 Å². The van der Waals surface area contributed by atoms with Crippen molar-refractivity contribution in [1.82, 2.24) is 4.90 Å². The Balaban J connectivity index is 2.83. The van der Waals surface area contributed by atoms with Gasteiger partial charge in [-0.05, 0) is 31.0 Å². The molecule has 0 saturated heterocycles. The zero-order valence-corrected chi connectivity index (χ0v) is 12.0. The fourth-order valence-corrected chi connectivity index (χ4v) is 1.76. The van der Waals surface area contributed by atoms with E-state index in [4.69, 9.17) is 0 Å². The summed E-state index contributed by atoms with van der Waals surface area (Å²) < 4.78 is 0. The summed E-state index contributed by atoms with van der Waals surface area (Å²) in [4.78, 5) is 25.4. The Hall–Kier alpha value is -2.36. The molecule has 0 unspecified atom stereocenters. The van der Waals surface area contributed by atoms with Crippen LogP contribution in [0, 0.1) is 13.8 Å². The number of anilines is 1. The van der Waals surface area contributed by atoms with Crippen molar-refractivity contribution in [3.8, 4) is 0 Å². The van der Waals surface area contributed by atoms with Gasteiger partial charge < -0.3 is 10.2 Å². The van der Waals surface area contributed by atoms with E-state index in [2.05, 4.69) is 18.5 Å². The van der Waals surface area contributed by atoms with Gasteiger partial charge in [-0.1, -0.05) is 24.3 Å². The van der Waals surface area contributed by atoms with Crippen LogP contribution < -0.4 is 5.32 Å². The highest BCUT2D eigenvalue weighted by Crippen LogP contribution is 2.17. The predicted octanol–water partition coefficient (Wildman–Crippen LogP) is 2.44. The molecule has 0 saturated carbocycles. The molecule has 2 amide bonds. The van der Waals surface area contributed by atoms with Gasteiger partial charge in [-0.25, -0.2) is 0 Å². The fourth-order valence-electron chi connectivity index (χ4n) is 1.76. The van der Waals surface area contributed by atoms with Crippen LogP contribution in [-0.2, 0) is 9.59 Å². The second-order valence-corrected chi connectivity index (χ2v) is 4.49. The van der Waals surface area contributed by atoms with Crippen LogP contribution in [0.15, 0.2) is 43.5 Å². The summed E-state index contributed by atoms with van der Waals surface area (Å²) in [5, 5.41) is 2.65. The molecule has 20 heavy (non-hydrogen) atoms. The van der Waals surface area contributed by atoms with Crippen molar-refractivity contribution in [1.29, 1.82) is 0 Å². The Morgan fingerprint density at radius 2 is 1.80 bits per heavy atom. The molecule has 0 aliphatic rings. The van der Waals surface area contributed by atoms with Gasteiger partial charge in [-0.2, -0.15) is 0 Å². The van der Waals surface area contributed by atoms with E-state index >= 15 is 0 Å². The zero-order valence-electron chi connectivity index (χ0n) is 12.0. The molecule has 1 N–H and O–H groups in total. The van der Waals surface area contributed by atoms with Crippen LogP contribution in [0.2, 0.25) is 0 Å². The number of nitrogens with zero attached hydrogens (tertiary/aromatic N) is 1. The van der Waals surface area contributed by atoms with E-state index in [9.17, 15) is 9.59 Å². The predicted molar refractivity (Wildman–Crippen MR) is 81.5 cm³/mol. The van der Waals surface area contributed by atoms with Crippen LogP contribution in [0.25, 0.3) is 0 Å². The van der Waals surface area contributed by atoms with Gasteiger partial charge in [0.25, 0.3) is 0 Å². The third-order valence-electron chi connectivity index (χ3n) is 3.03. The first-order valence-electron chi connectivity index (χ1n) is 6.39. The molecule has 4 nitrogen and oxygen atoms in total. The van der Waals surface area contributed by atoms with Crippen LogP contribution in [0.1, 0.15) is 11.1 Å². The van der Waals surface area contributed by atoms with Gasteiger partial charge in [0.2, 0.25) is 0 Å². The first-order chi connectivity index (χ1) is 9.51. The van der Waals surface area contributed by atoms with Crippen molar-refractivity contribution < 1.29 is 9.59 Å². The van der Waals surface area contributed by atoms with Crippen LogP contribution >= 0.6 is 0 Å². The van der Waals surface area contributed by atoms with E-state index in [-0.39, 0.29) is 0 Å². The quantitative estimate of drug-likeness (QED) is 0.661. The maximum atomic E-state index is 12.0. The summed E-state index contributed by atoms with van der Waals surface area (Å²) in [5.41, 5.74) is 2.66. The Kier molecular flexibility index (Phi) is 5.72. The maximum absolute atomic E-state index is 12.0. The van der Waals surface area contributed by atoms with Crippen molar-refractivity contribution in [2.45, 2.75) is 13.8 Å². The highest BCUT2D eigenvalue weighted by molar-refractivity contribution is 6.39. The lowest BCUT2D eigenvalue weighted by Crippen LogP contribution is -2.40. The molecule has 0 radical (unpaired) electrons. The molecule has 1 rings (SSSR count). The molecule has 0 aliphatic heterocycles. The molecule has 0 bridgehead atoms. The van der Waals surface area contributed by atoms with Crippen molar-refractivity contribution in [3.63, 3.8) is 0 Å². The Morgan fingerprint density at radius 3 is 2.35 bits per heavy atom. The van der Waals surface area contributed by atoms with Crippen molar-refractivity contribution in [2.75, 3.05) is 18.4 Å². The molecular weight excluding hydrogens is 252 g/mol. The maximum Gasteiger partial charge on any atom is 0.313 e. The molecule has 0 fully saturated rings. The van der Waals surface area contributed by atoms with Crippen LogP contribution in [0.4, 0.5) is 5.69 Å². The minimum absolute atomic E-state index is 0.311. The fraction of sp³-hybridized carbons (Fsp3) is 0.250. The van der Waals surface area contributed by atoms with Crippen molar-refractivity contribution in [2.24, 2.45) is 0 Å². The van der Waals surface area contributed by atoms with Crippen LogP contribution in [0.3, 0.4) is 0 Å². The smallest absolute Gasteiger partial charge is 0.313 e. The van der Waals surface area contributed by atoms with Crippen molar-refractivity contribution in [3.05, 3.63) is 54.6 Å². The van der Waals surface area contributed by atoms with Crippen LogP contribution in [0.5, 0.6) is 0 Å². The van der Waals surface area contributed by atoms with Gasteiger partial charge in [0.15, 0.2) is 0 Å². The van der Waals surface area contributed by atoms with Gasteiger partial charge >= 0.3 is 11.8 Å². The van der Waals surface area contributed by atoms with Crippen molar-refractivity contribution >= 4 is 17.5 Å². The molecule has 0 aliphatic carbocycles. The Bertz CT molecular complexity index is 525. The number of rotatable bonds is 5. The summed E-state index contributed by atoms with van der Waals surface area (Å²) >= 11 is 0. The molecule has 0 spiro atoms. The first kappa shape index (κ1) is 15.7. The van der Waals surface area contributed by atoms with Gasteiger partial charge in [-0.15, -0.1) is 13.2 Å². The summed E-state index contributed by atoms with van der Waals surface area (Å²) in [6.07, 6.45) is 3.15. The van der Waals surface area contributed by atoms with Gasteiger partial charge in [-0.3, -0.25) is 9.59 Å². The number of hydrogen-bond acceptors (Lipinski definition) is 2. The number of hydrogen-bond donors (Lipinski definition) is 1. The van der Waals surface area contributed by atoms with E-state index in [1.54, 1.807) is 18.2 Å². The lowest BCUT2D eigenvalue weighted by molar-refractivity contribution is -0.142. The SMILES string of the molecule is C=CCN(CC=C)C(=O)C(=O)Nc1cccc(C)c1C. The Morgan fingerprint density at radius 1 is 1.20 bits per heavy atom. The summed E-state index contributed by atoms with van der Waals surface area (Å²) in [5.74, 6) is -1.24. The molecule has 1 aromatic rings. The number of benzene rings is 1. The molecule has 106 valence electrons. The lowest BCUT2D eigenvalue weighted by Gasteiger charge is -2.19. The molecule has 4 heteroatoms. The largest absolute Gasteiger partial charge is 0.327 e. The minimum Gasteiger partial charge on any atom is -0.327 e. The average molecular weight is 272 g/mol. The van der Waals surface area contributed by atoms with E-state index < -0.39 is 11.8 Å². The third kappa shape index (κ3) is 3.82. The van der Waals surface area contributed by atoms with E-state index in [0.29, 0.717) is 18.8 Å². The molecule has 0 atom stereocenters. The number of carbonyl (C=O) groups is 2. The van der Waals surface area contributed by atoms with E-state index in [0.717, 1.165) is 11.1 Å². The number of amides is 2. The molecule has 0 heterocycles. The van der Waals surface area contributed by atoms with Gasteiger partial charge in [0, 0.05) is 18.8 Å². The first-order valence-corrected chi connectivity index (χ1v) is 6.39. The molecule has 1 aromatic carbocycles. The Labute approximate surface area is 119 Å². The monoisotopic (exact) mass is 272 g/mol. The van der Waals surface area contributed by atoms with E-state index in [1.165, 1.54) is 4.90 Å². The number of nitrogens with one attached hydrogen (secondary N) is 1. The van der Waals surface area contributed by atoms with Crippen LogP contribution in [-0.4, -0.2) is 29.8 Å². The standard InChI is InChI=1S/C16H20N2O2/c1-5-10-18(11-6-2)16(20)15(19)17-14-9-7-8-12(3)13(14)4/h5-9H,1-2,10-11H2,3-4H3,(H,17,19). The highest BCUT2D eigenvalue weighted by atomic mass is 16.2. The topological polar surface area (TPSA) is 49.4 Å². The van der Waals surface area contributed by atoms with E-state index in [1.807, 2.05) is 26.0 Å². The zero-order chi connectivity index (χ0) is 15.1. The number of carbonyl (C=O) groups excluding carboxylic acids is 2. The molecule has 0 aromatic heterocycles. The number of aryl methyl sites for hydroxylation is 1. The second kappa shape index (κ2) is 7.28. The molecular formula is C16H20N2O2. The lowest BCUT2D eigenvalue weighted by atomic mass is 10.1. The minimum atomic E-state index is -0.651. The summed E-state index contributed by atoms with van der Waals surface area (Å²) in [6.45, 7) is 11.6. The summed E-state index contributed by atoms with van der Waals surface area (Å²) in [6, 6.07) is 5.57. The highest BCUT2D eigenvalue weighted by Gasteiger charge is 2.20.